The van der Waals surface area contributed by atoms with Crippen molar-refractivity contribution in [3.05, 3.63) is 74.8 Å². The van der Waals surface area contributed by atoms with E-state index in [2.05, 4.69) is 14.8 Å². The molecular formula is C29H30ClF3N8O3S2. The molecule has 2 atom stereocenters. The number of benzene rings is 1. The lowest BCUT2D eigenvalue weighted by molar-refractivity contribution is -0.130. The largest absolute Gasteiger partial charge is 0.340 e. The zero-order chi connectivity index (χ0) is 32.2. The summed E-state index contributed by atoms with van der Waals surface area (Å²) in [4.78, 5) is 25.4. The summed E-state index contributed by atoms with van der Waals surface area (Å²) in [6, 6.07) is 3.94. The molecule has 1 N–H and O–H groups in total. The number of aliphatic imine (C=N–C) groups is 1. The number of fused-ring (bicyclic) bond motifs is 1. The van der Waals surface area contributed by atoms with Gasteiger partial charge in [-0.3, -0.25) is 9.79 Å². The molecule has 0 saturated carbocycles. The monoisotopic (exact) mass is 694 g/mol. The van der Waals surface area contributed by atoms with E-state index in [1.165, 1.54) is 33.8 Å². The molecule has 1 aromatic carbocycles. The molecule has 3 fully saturated rings. The number of nitrogens with zero attached hydrogens (tertiary/aromatic N) is 7. The number of aromatic nitrogens is 3. The van der Waals surface area contributed by atoms with Crippen molar-refractivity contribution in [2.24, 2.45) is 4.99 Å². The second kappa shape index (κ2) is 12.4. The van der Waals surface area contributed by atoms with Crippen LogP contribution in [0.3, 0.4) is 0 Å². The summed E-state index contributed by atoms with van der Waals surface area (Å²) in [5, 5.41) is 6.59. The molecule has 0 spiro atoms. The van der Waals surface area contributed by atoms with Crippen LogP contribution in [0.2, 0.25) is 5.02 Å². The highest BCUT2D eigenvalue weighted by atomic mass is 35.5. The average molecular weight is 695 g/mol. The van der Waals surface area contributed by atoms with Gasteiger partial charge >= 0.3 is 6.55 Å². The molecule has 6 heterocycles. The van der Waals surface area contributed by atoms with Gasteiger partial charge in [-0.2, -0.15) is 31.3 Å². The number of halogens is 4. The first-order valence-electron chi connectivity index (χ1n) is 14.9. The van der Waals surface area contributed by atoms with Crippen LogP contribution in [0.25, 0.3) is 5.57 Å². The highest BCUT2D eigenvalue weighted by Gasteiger charge is 2.43. The fourth-order valence-electron chi connectivity index (χ4n) is 6.77. The zero-order valence-electron chi connectivity index (χ0n) is 24.4. The summed E-state index contributed by atoms with van der Waals surface area (Å²) in [5.41, 5.74) is 1.75. The van der Waals surface area contributed by atoms with E-state index in [-0.39, 0.29) is 48.7 Å². The van der Waals surface area contributed by atoms with Crippen LogP contribution < -0.4 is 4.72 Å². The third-order valence-corrected chi connectivity index (χ3v) is 11.6. The third kappa shape index (κ3) is 5.85. The number of carbonyl (C=O) groups excluding carboxylic acids is 1. The van der Waals surface area contributed by atoms with Gasteiger partial charge in [0.1, 0.15) is 11.9 Å². The predicted molar refractivity (Wildman–Crippen MR) is 166 cm³/mol. The molecule has 244 valence electrons. The van der Waals surface area contributed by atoms with Gasteiger partial charge in [-0.05, 0) is 37.5 Å². The Morgan fingerprint density at radius 1 is 1.13 bits per heavy atom. The van der Waals surface area contributed by atoms with Gasteiger partial charge in [-0.1, -0.05) is 17.7 Å². The molecule has 0 bridgehead atoms. The van der Waals surface area contributed by atoms with Gasteiger partial charge in [-0.15, -0.1) is 11.3 Å². The molecule has 0 unspecified atom stereocenters. The SMILES string of the molecule is O=C1CCCN1C1CCN(S(=O)(=O)N[C@H]2CC3=C(c4ccn(C(F)F)n4)[C@H](c4ccc(F)cc4Cl)N=C(c4nccs4)N3C2)CC1. The third-order valence-electron chi connectivity index (χ3n) is 8.85. The van der Waals surface area contributed by atoms with Crippen LogP contribution >= 0.6 is 22.9 Å². The quantitative estimate of drug-likeness (QED) is 0.373. The van der Waals surface area contributed by atoms with Gasteiger partial charge in [0.05, 0.1) is 5.69 Å². The topological polar surface area (TPSA) is 116 Å². The number of amidine groups is 1. The van der Waals surface area contributed by atoms with Crippen LogP contribution in [0, 0.1) is 5.82 Å². The van der Waals surface area contributed by atoms with Gasteiger partial charge in [-0.25, -0.2) is 14.1 Å². The van der Waals surface area contributed by atoms with E-state index in [0.717, 1.165) is 18.7 Å². The summed E-state index contributed by atoms with van der Waals surface area (Å²) < 4.78 is 73.4. The first-order valence-corrected chi connectivity index (χ1v) is 17.6. The number of nitrogens with one attached hydrogen (secondary N) is 1. The Bertz CT molecular complexity index is 1810. The number of thiazole rings is 1. The lowest BCUT2D eigenvalue weighted by atomic mass is 9.92. The standard InChI is InChI=1S/C29H30ClF3N8O3S2/c30-21-14-17(31)3-4-20(21)26-25(22-7-12-41(36-22)29(32)33)23-15-18(16-40(23)27(35-26)28-34-8-13-45-28)37-46(43,44)38-10-5-19(6-11-38)39-9-1-2-24(39)42/h3-4,7-8,12-14,18-19,26,29,37H,1-2,5-6,9-11,15-16H2/t18-,26-/m0/s1. The number of hydrogen-bond acceptors (Lipinski definition) is 8. The number of alkyl halides is 2. The van der Waals surface area contributed by atoms with E-state index in [0.29, 0.717) is 58.2 Å². The molecule has 4 aliphatic heterocycles. The van der Waals surface area contributed by atoms with E-state index in [4.69, 9.17) is 16.6 Å². The molecular weight excluding hydrogens is 665 g/mol. The molecule has 3 saturated heterocycles. The second-order valence-electron chi connectivity index (χ2n) is 11.6. The molecule has 11 nitrogen and oxygen atoms in total. The van der Waals surface area contributed by atoms with Crippen molar-refractivity contribution in [2.45, 2.75) is 56.8 Å². The summed E-state index contributed by atoms with van der Waals surface area (Å²) >= 11 is 7.87. The number of rotatable bonds is 8. The molecule has 0 radical (unpaired) electrons. The van der Waals surface area contributed by atoms with Gasteiger partial charge in [0.25, 0.3) is 10.2 Å². The van der Waals surface area contributed by atoms with Gasteiger partial charge in [0, 0.05) is 90.7 Å². The lowest BCUT2D eigenvalue weighted by Gasteiger charge is -2.36. The van der Waals surface area contributed by atoms with Crippen molar-refractivity contribution in [1.29, 1.82) is 0 Å². The number of likely N-dealkylation sites (tertiary alicyclic amines) is 1. The normalized spacial score (nSPS) is 23.2. The highest BCUT2D eigenvalue weighted by Crippen LogP contribution is 2.46. The molecule has 0 aliphatic carbocycles. The Hall–Kier alpha value is -3.31. The first-order chi connectivity index (χ1) is 22.1. The summed E-state index contributed by atoms with van der Waals surface area (Å²) in [6.45, 7) is -1.38. The molecule has 2 aromatic heterocycles. The van der Waals surface area contributed by atoms with Crippen LogP contribution in [0.4, 0.5) is 13.2 Å². The molecule has 1 amide bonds. The van der Waals surface area contributed by atoms with Crippen molar-refractivity contribution in [3.63, 3.8) is 0 Å². The van der Waals surface area contributed by atoms with Crippen LogP contribution in [-0.2, 0) is 15.0 Å². The Kier molecular flexibility index (Phi) is 8.42. The lowest BCUT2D eigenvalue weighted by Crippen LogP contribution is -2.52. The first kappa shape index (κ1) is 31.3. The van der Waals surface area contributed by atoms with Gasteiger partial charge in [0.15, 0.2) is 10.8 Å². The summed E-state index contributed by atoms with van der Waals surface area (Å²) in [5.74, 6) is 0.0468. The Morgan fingerprint density at radius 2 is 1.93 bits per heavy atom. The van der Waals surface area contributed by atoms with E-state index in [1.54, 1.807) is 11.6 Å². The number of piperidine rings is 1. The summed E-state index contributed by atoms with van der Waals surface area (Å²) in [6.07, 6.45) is 5.49. The van der Waals surface area contributed by atoms with Crippen LogP contribution in [0.1, 0.15) is 61.0 Å². The Labute approximate surface area is 272 Å². The molecule has 4 aliphatic rings. The van der Waals surface area contributed by atoms with E-state index in [9.17, 15) is 26.4 Å². The number of carbonyl (C=O) groups is 1. The molecule has 7 rings (SSSR count). The van der Waals surface area contributed by atoms with E-state index >= 15 is 0 Å². The van der Waals surface area contributed by atoms with Crippen molar-refractivity contribution in [3.8, 4) is 0 Å². The fourth-order valence-corrected chi connectivity index (χ4v) is 9.10. The second-order valence-corrected chi connectivity index (χ2v) is 14.6. The van der Waals surface area contributed by atoms with Crippen molar-refractivity contribution in [1.82, 2.24) is 33.6 Å². The molecule has 3 aromatic rings. The van der Waals surface area contributed by atoms with Gasteiger partial charge in [0.2, 0.25) is 5.91 Å². The van der Waals surface area contributed by atoms with Gasteiger partial charge < -0.3 is 9.80 Å². The summed E-state index contributed by atoms with van der Waals surface area (Å²) in [7, 11) is -3.91. The Balaban J connectivity index is 1.22. The molecule has 46 heavy (non-hydrogen) atoms. The van der Waals surface area contributed by atoms with Crippen LogP contribution in [0.15, 0.2) is 52.7 Å². The van der Waals surface area contributed by atoms with Crippen LogP contribution in [0.5, 0.6) is 0 Å². The highest BCUT2D eigenvalue weighted by molar-refractivity contribution is 7.87. The van der Waals surface area contributed by atoms with Crippen molar-refractivity contribution < 1.29 is 26.4 Å². The maximum Gasteiger partial charge on any atom is 0.333 e. The zero-order valence-corrected chi connectivity index (χ0v) is 26.8. The average Bonchev–Trinajstić information content (AvgIpc) is 3.84. The smallest absolute Gasteiger partial charge is 0.333 e. The minimum absolute atomic E-state index is 0.0370. The van der Waals surface area contributed by atoms with E-state index in [1.807, 2.05) is 9.80 Å². The molecule has 17 heteroatoms. The van der Waals surface area contributed by atoms with Crippen molar-refractivity contribution in [2.75, 3.05) is 26.2 Å². The number of hydrogen-bond donors (Lipinski definition) is 1. The Morgan fingerprint density at radius 3 is 2.59 bits per heavy atom. The minimum atomic E-state index is -3.91. The maximum absolute atomic E-state index is 14.1. The van der Waals surface area contributed by atoms with E-state index < -0.39 is 34.7 Å². The minimum Gasteiger partial charge on any atom is -0.340 e. The van der Waals surface area contributed by atoms with Crippen molar-refractivity contribution >= 4 is 50.5 Å². The fraction of sp³-hybridized carbons (Fsp3) is 0.448. The number of amides is 1. The van der Waals surface area contributed by atoms with Crippen LogP contribution in [-0.4, -0.2) is 87.3 Å². The maximum atomic E-state index is 14.1. The predicted octanol–water partition coefficient (Wildman–Crippen LogP) is 4.44.